The van der Waals surface area contributed by atoms with E-state index < -0.39 is 12.1 Å². The summed E-state index contributed by atoms with van der Waals surface area (Å²) in [5.74, 6) is -1.80. The van der Waals surface area contributed by atoms with Gasteiger partial charge in [-0.25, -0.2) is 9.18 Å². The number of nitrogens with zero attached hydrogens (tertiary/aromatic N) is 1. The van der Waals surface area contributed by atoms with Crippen molar-refractivity contribution in [1.82, 2.24) is 10.2 Å². The molecule has 2 aliphatic rings. The van der Waals surface area contributed by atoms with E-state index in [1.807, 2.05) is 48.5 Å². The number of aliphatic carboxylic acids is 1. The number of amides is 1. The molecule has 1 aliphatic heterocycles. The van der Waals surface area contributed by atoms with E-state index in [1.54, 1.807) is 24.3 Å². The highest BCUT2D eigenvalue weighted by Gasteiger charge is 2.39. The van der Waals surface area contributed by atoms with Gasteiger partial charge in [0.05, 0.1) is 11.4 Å². The van der Waals surface area contributed by atoms with Crippen LogP contribution in [0.25, 0.3) is 0 Å². The van der Waals surface area contributed by atoms with Crippen molar-refractivity contribution in [2.45, 2.75) is 37.4 Å². The van der Waals surface area contributed by atoms with Crippen molar-refractivity contribution in [3.05, 3.63) is 95.3 Å². The average molecular weight is 587 g/mol. The quantitative estimate of drug-likeness (QED) is 0.190. The van der Waals surface area contributed by atoms with Crippen molar-refractivity contribution < 1.29 is 32.3 Å². The van der Waals surface area contributed by atoms with Gasteiger partial charge in [0.2, 0.25) is 0 Å². The molecule has 0 radical (unpaired) electrons. The highest BCUT2D eigenvalue weighted by atomic mass is 19.4. The molecule has 2 fully saturated rings. The Kier molecular flexibility index (Phi) is 10.2. The van der Waals surface area contributed by atoms with Crippen LogP contribution in [0.5, 0.6) is 0 Å². The van der Waals surface area contributed by atoms with Crippen LogP contribution in [-0.2, 0) is 11.2 Å². The summed E-state index contributed by atoms with van der Waals surface area (Å²) in [4.78, 5) is 23.9. The van der Waals surface area contributed by atoms with Crippen LogP contribution in [-0.4, -0.2) is 60.3 Å². The van der Waals surface area contributed by atoms with Crippen LogP contribution < -0.4 is 16.4 Å². The smallest absolute Gasteiger partial charge is 0.475 e. The van der Waals surface area contributed by atoms with E-state index in [2.05, 4.69) is 15.5 Å². The molecule has 1 heterocycles. The Morgan fingerprint density at radius 2 is 1.62 bits per heavy atom. The largest absolute Gasteiger partial charge is 0.490 e. The lowest BCUT2D eigenvalue weighted by Crippen LogP contribution is -2.51. The van der Waals surface area contributed by atoms with E-state index in [0.717, 1.165) is 51.4 Å². The van der Waals surface area contributed by atoms with E-state index in [-0.39, 0.29) is 11.7 Å². The molecular formula is C31H34F4N4O3. The summed E-state index contributed by atoms with van der Waals surface area (Å²) in [6, 6.07) is 22.6. The molecule has 1 saturated heterocycles. The fourth-order valence-electron chi connectivity index (χ4n) is 4.94. The summed E-state index contributed by atoms with van der Waals surface area (Å²) >= 11 is 0. The Hall–Kier alpha value is -3.96. The Morgan fingerprint density at radius 3 is 2.24 bits per heavy atom. The second kappa shape index (κ2) is 13.8. The number of nitrogens with one attached hydrogen (secondary N) is 2. The van der Waals surface area contributed by atoms with Crippen molar-refractivity contribution in [2.24, 2.45) is 5.92 Å². The lowest BCUT2D eigenvalue weighted by Gasteiger charge is -2.39. The van der Waals surface area contributed by atoms with E-state index in [0.29, 0.717) is 28.9 Å². The number of carboxylic acid groups (broad SMARTS) is 1. The monoisotopic (exact) mass is 586 g/mol. The van der Waals surface area contributed by atoms with Gasteiger partial charge in [0, 0.05) is 37.2 Å². The second-order valence-electron chi connectivity index (χ2n) is 10.7. The molecule has 3 aromatic rings. The third-order valence-corrected chi connectivity index (χ3v) is 7.40. The van der Waals surface area contributed by atoms with Gasteiger partial charge in [-0.1, -0.05) is 36.4 Å². The van der Waals surface area contributed by atoms with Crippen LogP contribution >= 0.6 is 0 Å². The number of likely N-dealkylation sites (tertiary alicyclic amines) is 1. The van der Waals surface area contributed by atoms with Gasteiger partial charge in [0.1, 0.15) is 5.82 Å². The van der Waals surface area contributed by atoms with Crippen molar-refractivity contribution in [3.63, 3.8) is 0 Å². The molecule has 5 rings (SSSR count). The van der Waals surface area contributed by atoms with E-state index in [1.165, 1.54) is 11.1 Å². The molecule has 2 unspecified atom stereocenters. The third-order valence-electron chi connectivity index (χ3n) is 7.40. The molecule has 0 spiro atoms. The topological polar surface area (TPSA) is 108 Å². The molecule has 5 N–H and O–H groups in total. The molecule has 0 bridgehead atoms. The zero-order valence-corrected chi connectivity index (χ0v) is 22.9. The second-order valence-corrected chi connectivity index (χ2v) is 10.7. The number of carbonyl (C=O) groups excluding carboxylic acids is 1. The van der Waals surface area contributed by atoms with Crippen LogP contribution in [0.3, 0.4) is 0 Å². The van der Waals surface area contributed by atoms with Crippen molar-refractivity contribution in [1.29, 1.82) is 0 Å². The first-order valence-corrected chi connectivity index (χ1v) is 13.8. The molecule has 2 atom stereocenters. The maximum Gasteiger partial charge on any atom is 0.490 e. The summed E-state index contributed by atoms with van der Waals surface area (Å²) in [6.07, 6.45) is -1.81. The molecule has 0 aromatic heterocycles. The van der Waals surface area contributed by atoms with Crippen LogP contribution in [0.4, 0.5) is 28.9 Å². The minimum Gasteiger partial charge on any atom is -0.475 e. The van der Waals surface area contributed by atoms with Crippen LogP contribution in [0.15, 0.2) is 72.8 Å². The van der Waals surface area contributed by atoms with Gasteiger partial charge in [-0.15, -0.1) is 0 Å². The number of hydrogen-bond acceptors (Lipinski definition) is 5. The van der Waals surface area contributed by atoms with E-state index in [9.17, 15) is 22.4 Å². The molecule has 1 aliphatic carbocycles. The highest BCUT2D eigenvalue weighted by Crippen LogP contribution is 2.41. The standard InChI is InChI=1S/C29H33FN4O.C2HF3O2/c30-24-13-11-22(12-14-24)25-16-28(25)32-17-21-18-34(19-21)15-3-4-20-7-9-23(10-8-20)29(35)33-27-6-2-1-5-26(27)31;3-2(4,5)1(6)7/h1-2,5-14,21,25,28,32H,3-4,15-19,31H2,(H,33,35);(H,6,7). The van der Waals surface area contributed by atoms with E-state index >= 15 is 0 Å². The molecular weight excluding hydrogens is 552 g/mol. The summed E-state index contributed by atoms with van der Waals surface area (Å²) in [7, 11) is 0. The van der Waals surface area contributed by atoms with Crippen LogP contribution in [0.1, 0.15) is 40.2 Å². The number of benzene rings is 3. The molecule has 3 aromatic carbocycles. The number of rotatable bonds is 10. The summed E-state index contributed by atoms with van der Waals surface area (Å²) in [6.45, 7) is 4.48. The number of carbonyl (C=O) groups is 2. The number of carboxylic acids is 1. The van der Waals surface area contributed by atoms with Gasteiger partial charge in [0.15, 0.2) is 0 Å². The fourth-order valence-corrected chi connectivity index (χ4v) is 4.94. The minimum atomic E-state index is -5.08. The van der Waals surface area contributed by atoms with Gasteiger partial charge in [-0.05, 0) is 79.3 Å². The Bertz CT molecular complexity index is 1340. The Labute approximate surface area is 241 Å². The molecule has 42 heavy (non-hydrogen) atoms. The summed E-state index contributed by atoms with van der Waals surface area (Å²) in [5, 5.41) is 13.7. The van der Waals surface area contributed by atoms with Gasteiger partial charge < -0.3 is 26.4 Å². The van der Waals surface area contributed by atoms with Gasteiger partial charge in [-0.2, -0.15) is 13.2 Å². The normalized spacial score (nSPS) is 18.4. The maximum absolute atomic E-state index is 13.1. The molecule has 224 valence electrons. The van der Waals surface area contributed by atoms with Gasteiger partial charge in [-0.3, -0.25) is 4.79 Å². The number of halogens is 4. The highest BCUT2D eigenvalue weighted by molar-refractivity contribution is 6.05. The molecule has 1 amide bonds. The minimum absolute atomic E-state index is 0.148. The number of hydrogen-bond donors (Lipinski definition) is 4. The number of anilines is 2. The maximum atomic E-state index is 13.1. The lowest BCUT2D eigenvalue weighted by atomic mass is 9.99. The number of alkyl halides is 3. The molecule has 1 saturated carbocycles. The van der Waals surface area contributed by atoms with E-state index in [4.69, 9.17) is 15.6 Å². The number of nitrogen functional groups attached to an aromatic ring is 1. The average Bonchev–Trinajstić information content (AvgIpc) is 3.71. The fraction of sp³-hybridized carbons (Fsp3) is 0.355. The Balaban J connectivity index is 0.000000517. The molecule has 7 nitrogen and oxygen atoms in total. The summed E-state index contributed by atoms with van der Waals surface area (Å²) in [5.41, 5.74) is 10.2. The van der Waals surface area contributed by atoms with Gasteiger partial charge >= 0.3 is 12.1 Å². The lowest BCUT2D eigenvalue weighted by molar-refractivity contribution is -0.192. The van der Waals surface area contributed by atoms with Crippen molar-refractivity contribution in [3.8, 4) is 0 Å². The number of aryl methyl sites for hydroxylation is 1. The number of nitrogens with two attached hydrogens (primary N) is 1. The zero-order valence-electron chi connectivity index (χ0n) is 22.9. The summed E-state index contributed by atoms with van der Waals surface area (Å²) < 4.78 is 44.8. The predicted octanol–water partition coefficient (Wildman–Crippen LogP) is 5.30. The zero-order chi connectivity index (χ0) is 30.3. The first kappa shape index (κ1) is 31.0. The van der Waals surface area contributed by atoms with Crippen LogP contribution in [0, 0.1) is 11.7 Å². The van der Waals surface area contributed by atoms with Crippen LogP contribution in [0.2, 0.25) is 0 Å². The number of para-hydroxylation sites is 2. The first-order valence-electron chi connectivity index (χ1n) is 13.8. The molecule has 11 heteroatoms. The SMILES string of the molecule is Nc1ccccc1NC(=O)c1ccc(CCCN2CC(CNC3CC3c3ccc(F)cc3)C2)cc1.O=C(O)C(F)(F)F. The predicted molar refractivity (Wildman–Crippen MR) is 153 cm³/mol. The van der Waals surface area contributed by atoms with Crippen molar-refractivity contribution >= 4 is 23.3 Å². The first-order chi connectivity index (χ1) is 20.0. The van der Waals surface area contributed by atoms with Gasteiger partial charge in [0.25, 0.3) is 5.91 Å². The Morgan fingerprint density at radius 1 is 0.976 bits per heavy atom. The third kappa shape index (κ3) is 9.02. The van der Waals surface area contributed by atoms with Crippen molar-refractivity contribution in [2.75, 3.05) is 37.2 Å².